The highest BCUT2D eigenvalue weighted by Gasteiger charge is 2.29. The Morgan fingerprint density at radius 3 is 2.50 bits per heavy atom. The van der Waals surface area contributed by atoms with Gasteiger partial charge in [-0.3, -0.25) is 0 Å². The lowest BCUT2D eigenvalue weighted by atomic mass is 10.2. The van der Waals surface area contributed by atoms with Crippen LogP contribution in [0.3, 0.4) is 0 Å². The van der Waals surface area contributed by atoms with Crippen LogP contribution < -0.4 is 0 Å². The molecule has 0 bridgehead atoms. The van der Waals surface area contributed by atoms with Crippen molar-refractivity contribution in [2.45, 2.75) is 18.8 Å². The molecule has 5 heteroatoms. The number of hydrogen-bond donors (Lipinski definition) is 0. The van der Waals surface area contributed by atoms with Gasteiger partial charge in [0.05, 0.1) is 10.2 Å². The van der Waals surface area contributed by atoms with Gasteiger partial charge in [-0.2, -0.15) is 0 Å². The van der Waals surface area contributed by atoms with Crippen molar-refractivity contribution in [1.82, 2.24) is 9.97 Å². The maximum absolute atomic E-state index is 6.18. The zero-order chi connectivity index (χ0) is 12.7. The van der Waals surface area contributed by atoms with Gasteiger partial charge in [0, 0.05) is 16.0 Å². The van der Waals surface area contributed by atoms with E-state index in [1.165, 1.54) is 12.8 Å². The van der Waals surface area contributed by atoms with Crippen molar-refractivity contribution >= 4 is 43.5 Å². The topological polar surface area (TPSA) is 25.8 Å². The van der Waals surface area contributed by atoms with Crippen LogP contribution in [0.25, 0.3) is 11.4 Å². The van der Waals surface area contributed by atoms with Gasteiger partial charge in [-0.05, 0) is 34.8 Å². The molecule has 1 fully saturated rings. The van der Waals surface area contributed by atoms with E-state index in [4.69, 9.17) is 11.6 Å². The van der Waals surface area contributed by atoms with Crippen LogP contribution in [0, 0.1) is 0 Å². The third kappa shape index (κ3) is 2.33. The number of rotatable bonds is 2. The van der Waals surface area contributed by atoms with Crippen LogP contribution in [0.5, 0.6) is 0 Å². The molecule has 3 rings (SSSR count). The minimum atomic E-state index is 0.484. The van der Waals surface area contributed by atoms with Crippen molar-refractivity contribution in [3.05, 3.63) is 44.1 Å². The zero-order valence-corrected chi connectivity index (χ0v) is 13.3. The maximum Gasteiger partial charge on any atom is 0.162 e. The Labute approximate surface area is 127 Å². The second-order valence-corrected chi connectivity index (χ2v) is 6.30. The molecule has 0 aliphatic heterocycles. The Kier molecular flexibility index (Phi) is 3.43. The molecule has 1 aromatic heterocycles. The summed E-state index contributed by atoms with van der Waals surface area (Å²) in [6.45, 7) is 0. The van der Waals surface area contributed by atoms with Gasteiger partial charge < -0.3 is 0 Å². The molecular formula is C13H9Br2ClN2. The van der Waals surface area contributed by atoms with Gasteiger partial charge in [0.15, 0.2) is 5.82 Å². The van der Waals surface area contributed by atoms with E-state index in [9.17, 15) is 0 Å². The summed E-state index contributed by atoms with van der Waals surface area (Å²) in [6, 6.07) is 7.90. The van der Waals surface area contributed by atoms with Crippen LogP contribution in [-0.2, 0) is 0 Å². The van der Waals surface area contributed by atoms with Crippen LogP contribution in [0.1, 0.15) is 24.5 Å². The van der Waals surface area contributed by atoms with Gasteiger partial charge >= 0.3 is 0 Å². The first-order valence-corrected chi connectivity index (χ1v) is 7.61. The van der Waals surface area contributed by atoms with Crippen molar-refractivity contribution in [3.63, 3.8) is 0 Å². The first kappa shape index (κ1) is 12.6. The van der Waals surface area contributed by atoms with Crippen molar-refractivity contribution in [2.24, 2.45) is 0 Å². The maximum atomic E-state index is 6.18. The fourth-order valence-corrected chi connectivity index (χ4v) is 2.97. The molecule has 0 N–H and O–H groups in total. The first-order chi connectivity index (χ1) is 8.66. The smallest absolute Gasteiger partial charge is 0.162 e. The second-order valence-electron chi connectivity index (χ2n) is 4.29. The normalized spacial score (nSPS) is 14.8. The predicted molar refractivity (Wildman–Crippen MR) is 79.9 cm³/mol. The van der Waals surface area contributed by atoms with Crippen molar-refractivity contribution in [2.75, 3.05) is 0 Å². The van der Waals surface area contributed by atoms with Gasteiger partial charge in [0.2, 0.25) is 0 Å². The minimum Gasteiger partial charge on any atom is -0.231 e. The Balaban J connectivity index is 2.16. The summed E-state index contributed by atoms with van der Waals surface area (Å²) in [6.07, 6.45) is 2.36. The Morgan fingerprint density at radius 2 is 1.83 bits per heavy atom. The molecule has 0 radical (unpaired) electrons. The summed E-state index contributed by atoms with van der Waals surface area (Å²) >= 11 is 13.2. The Morgan fingerprint density at radius 1 is 1.11 bits per heavy atom. The van der Waals surface area contributed by atoms with Gasteiger partial charge in [-0.25, -0.2) is 9.97 Å². The highest BCUT2D eigenvalue weighted by molar-refractivity contribution is 9.11. The van der Waals surface area contributed by atoms with Crippen LogP contribution in [-0.4, -0.2) is 9.97 Å². The molecule has 0 unspecified atom stereocenters. The van der Waals surface area contributed by atoms with E-state index in [-0.39, 0.29) is 0 Å². The summed E-state index contributed by atoms with van der Waals surface area (Å²) in [5, 5.41) is 0.484. The molecule has 0 atom stereocenters. The standard InChI is InChI=1S/C13H9Br2ClN2/c14-9-4-2-1-3-8(9)13-17-11(7-5-6-7)10(15)12(16)18-13/h1-4,7H,5-6H2. The van der Waals surface area contributed by atoms with E-state index in [0.717, 1.165) is 20.2 Å². The summed E-state index contributed by atoms with van der Waals surface area (Å²) in [4.78, 5) is 9.01. The summed E-state index contributed by atoms with van der Waals surface area (Å²) in [7, 11) is 0. The third-order valence-electron chi connectivity index (χ3n) is 2.92. The molecule has 1 aliphatic carbocycles. The van der Waals surface area contributed by atoms with E-state index in [1.807, 2.05) is 24.3 Å². The lowest BCUT2D eigenvalue weighted by Gasteiger charge is -2.08. The molecule has 2 nitrogen and oxygen atoms in total. The number of halogens is 3. The number of nitrogens with zero attached hydrogens (tertiary/aromatic N) is 2. The molecule has 1 aromatic carbocycles. The van der Waals surface area contributed by atoms with Crippen molar-refractivity contribution in [3.8, 4) is 11.4 Å². The quantitative estimate of drug-likeness (QED) is 0.661. The monoisotopic (exact) mass is 386 g/mol. The van der Waals surface area contributed by atoms with Crippen LogP contribution in [0.2, 0.25) is 5.15 Å². The van der Waals surface area contributed by atoms with Gasteiger partial charge in [0.1, 0.15) is 5.15 Å². The minimum absolute atomic E-state index is 0.484. The Bertz CT molecular complexity index is 612. The van der Waals surface area contributed by atoms with Crippen LogP contribution in [0.4, 0.5) is 0 Å². The lowest BCUT2D eigenvalue weighted by Crippen LogP contribution is -1.97. The number of benzene rings is 1. The first-order valence-electron chi connectivity index (χ1n) is 5.64. The molecule has 92 valence electrons. The summed E-state index contributed by atoms with van der Waals surface area (Å²) in [5.74, 6) is 1.21. The van der Waals surface area contributed by atoms with E-state index in [2.05, 4.69) is 41.8 Å². The molecule has 0 spiro atoms. The average molecular weight is 388 g/mol. The van der Waals surface area contributed by atoms with Gasteiger partial charge in [0.25, 0.3) is 0 Å². The van der Waals surface area contributed by atoms with E-state index >= 15 is 0 Å². The van der Waals surface area contributed by atoms with E-state index < -0.39 is 0 Å². The van der Waals surface area contributed by atoms with Gasteiger partial charge in [-0.15, -0.1) is 0 Å². The van der Waals surface area contributed by atoms with Crippen molar-refractivity contribution < 1.29 is 0 Å². The largest absolute Gasteiger partial charge is 0.231 e. The molecule has 1 heterocycles. The second kappa shape index (κ2) is 4.91. The molecule has 2 aromatic rings. The van der Waals surface area contributed by atoms with E-state index in [0.29, 0.717) is 16.9 Å². The Hall–Kier alpha value is -0.450. The van der Waals surface area contributed by atoms with Crippen LogP contribution >= 0.6 is 43.5 Å². The molecule has 0 saturated heterocycles. The third-order valence-corrected chi connectivity index (χ3v) is 4.89. The SMILES string of the molecule is Clc1nc(-c2ccccc2Br)nc(C2CC2)c1Br. The summed E-state index contributed by atoms with van der Waals surface area (Å²) in [5.41, 5.74) is 1.99. The molecule has 0 amide bonds. The molecular weight excluding hydrogens is 379 g/mol. The molecule has 18 heavy (non-hydrogen) atoms. The number of hydrogen-bond acceptors (Lipinski definition) is 2. The van der Waals surface area contributed by atoms with Crippen LogP contribution in [0.15, 0.2) is 33.2 Å². The molecule has 1 saturated carbocycles. The zero-order valence-electron chi connectivity index (χ0n) is 9.33. The predicted octanol–water partition coefficient (Wildman–Crippen LogP) is 5.20. The fraction of sp³-hybridized carbons (Fsp3) is 0.231. The van der Waals surface area contributed by atoms with Crippen molar-refractivity contribution in [1.29, 1.82) is 0 Å². The molecule has 1 aliphatic rings. The highest BCUT2D eigenvalue weighted by Crippen LogP contribution is 2.44. The summed E-state index contributed by atoms with van der Waals surface area (Å²) < 4.78 is 1.81. The average Bonchev–Trinajstić information content (AvgIpc) is 3.17. The van der Waals surface area contributed by atoms with Gasteiger partial charge in [-0.1, -0.05) is 45.7 Å². The lowest BCUT2D eigenvalue weighted by molar-refractivity contribution is 0.979. The van der Waals surface area contributed by atoms with E-state index in [1.54, 1.807) is 0 Å². The fourth-order valence-electron chi connectivity index (χ4n) is 1.83. The highest BCUT2D eigenvalue weighted by atomic mass is 79.9. The number of aromatic nitrogens is 2.